The second kappa shape index (κ2) is 8.84. The Labute approximate surface area is 179 Å². The Kier molecular flexibility index (Phi) is 6.84. The smallest absolute Gasteiger partial charge is 0.241 e. The molecule has 0 aliphatic carbocycles. The van der Waals surface area contributed by atoms with Crippen molar-refractivity contribution in [2.75, 3.05) is 37.8 Å². The molecule has 4 rings (SSSR count). The van der Waals surface area contributed by atoms with Crippen molar-refractivity contribution in [1.82, 2.24) is 29.2 Å². The van der Waals surface area contributed by atoms with Gasteiger partial charge in [0.2, 0.25) is 16.0 Å². The molecule has 2 aromatic heterocycles. The van der Waals surface area contributed by atoms with E-state index in [0.29, 0.717) is 17.1 Å². The van der Waals surface area contributed by atoms with Crippen LogP contribution in [-0.4, -0.2) is 77.0 Å². The monoisotopic (exact) mass is 467 g/mol. The van der Waals surface area contributed by atoms with Crippen LogP contribution in [0.2, 0.25) is 5.15 Å². The summed E-state index contributed by atoms with van der Waals surface area (Å²) in [6, 6.07) is -0.559. The van der Waals surface area contributed by atoms with Crippen molar-refractivity contribution in [1.29, 1.82) is 0 Å². The van der Waals surface area contributed by atoms with E-state index in [0.717, 1.165) is 42.3 Å². The first-order valence-electron chi connectivity index (χ1n) is 9.30. The zero-order valence-corrected chi connectivity index (χ0v) is 18.3. The summed E-state index contributed by atoms with van der Waals surface area (Å²) >= 11 is 6.25. The van der Waals surface area contributed by atoms with Crippen LogP contribution in [0.15, 0.2) is 6.20 Å². The van der Waals surface area contributed by atoms with E-state index in [2.05, 4.69) is 25.7 Å². The molecule has 0 radical (unpaired) electrons. The fourth-order valence-electron chi connectivity index (χ4n) is 3.79. The van der Waals surface area contributed by atoms with Crippen LogP contribution in [0.25, 0.3) is 5.52 Å². The highest BCUT2D eigenvalue weighted by molar-refractivity contribution is 7.88. The summed E-state index contributed by atoms with van der Waals surface area (Å²) in [5.74, 6) is 1.31. The van der Waals surface area contributed by atoms with Crippen molar-refractivity contribution in [2.45, 2.75) is 37.4 Å². The number of halogens is 3. The van der Waals surface area contributed by atoms with E-state index in [1.165, 1.54) is 0 Å². The van der Waals surface area contributed by atoms with E-state index in [4.69, 9.17) is 11.6 Å². The van der Waals surface area contributed by atoms with Gasteiger partial charge in [0.1, 0.15) is 17.5 Å². The highest BCUT2D eigenvalue weighted by Crippen LogP contribution is 2.28. The van der Waals surface area contributed by atoms with Gasteiger partial charge in [0.05, 0.1) is 18.5 Å². The molecule has 9 nitrogen and oxygen atoms in total. The van der Waals surface area contributed by atoms with Crippen molar-refractivity contribution >= 4 is 45.5 Å². The predicted octanol–water partition coefficient (Wildman–Crippen LogP) is 1.45. The third-order valence-electron chi connectivity index (χ3n) is 5.37. The van der Waals surface area contributed by atoms with E-state index in [9.17, 15) is 12.8 Å². The topological polar surface area (TPSA) is 105 Å². The number of aromatic nitrogens is 4. The van der Waals surface area contributed by atoms with Crippen molar-refractivity contribution in [3.63, 3.8) is 0 Å². The van der Waals surface area contributed by atoms with Gasteiger partial charge >= 0.3 is 0 Å². The summed E-state index contributed by atoms with van der Waals surface area (Å²) in [7, 11) is -3.40. The van der Waals surface area contributed by atoms with E-state index < -0.39 is 22.2 Å². The Balaban J connectivity index is 0.00000240. The number of hydrogen-bond acceptors (Lipinski definition) is 7. The molecule has 2 atom stereocenters. The molecule has 2 fully saturated rings. The zero-order chi connectivity index (χ0) is 19.9. The summed E-state index contributed by atoms with van der Waals surface area (Å²) in [4.78, 5) is 8.72. The number of imidazole rings is 1. The molecule has 0 unspecified atom stereocenters. The molecule has 162 valence electrons. The van der Waals surface area contributed by atoms with Crippen LogP contribution in [0, 0.1) is 0 Å². The molecule has 0 saturated carbocycles. The Morgan fingerprint density at radius 3 is 2.69 bits per heavy atom. The molecule has 2 saturated heterocycles. The number of sulfonamides is 1. The summed E-state index contributed by atoms with van der Waals surface area (Å²) in [6.45, 7) is 1.91. The second-order valence-corrected chi connectivity index (χ2v) is 9.68. The Bertz CT molecular complexity index is 968. The molecule has 0 amide bonds. The molecule has 2 N–H and O–H groups in total. The van der Waals surface area contributed by atoms with Crippen molar-refractivity contribution in [3.05, 3.63) is 17.2 Å². The zero-order valence-electron chi connectivity index (χ0n) is 15.9. The van der Waals surface area contributed by atoms with Gasteiger partial charge < -0.3 is 10.6 Å². The van der Waals surface area contributed by atoms with Crippen LogP contribution in [0.5, 0.6) is 0 Å². The number of piperidine rings is 2. The van der Waals surface area contributed by atoms with Gasteiger partial charge in [-0.2, -0.15) is 4.31 Å². The third-order valence-corrected chi connectivity index (χ3v) is 6.91. The fraction of sp³-hybridized carbons (Fsp3) is 0.688. The maximum absolute atomic E-state index is 14.5. The SMILES string of the molecule is CS(=O)(=O)N1CC[C@@H](Nc2ncc3c(Cl)nc(C4CCNCC4)n3n2)[C@H](F)C1.Cl. The quantitative estimate of drug-likeness (QED) is 0.700. The minimum Gasteiger partial charge on any atom is -0.347 e. The largest absolute Gasteiger partial charge is 0.347 e. The molecule has 29 heavy (non-hydrogen) atoms. The van der Waals surface area contributed by atoms with Gasteiger partial charge in [-0.15, -0.1) is 17.5 Å². The second-order valence-electron chi connectivity index (χ2n) is 7.34. The highest BCUT2D eigenvalue weighted by Gasteiger charge is 2.33. The molecule has 0 aromatic carbocycles. The van der Waals surface area contributed by atoms with Crippen LogP contribution < -0.4 is 10.6 Å². The normalized spacial score (nSPS) is 24.4. The molecule has 2 aliphatic rings. The van der Waals surface area contributed by atoms with E-state index in [-0.39, 0.29) is 37.4 Å². The molecule has 2 aromatic rings. The summed E-state index contributed by atoms with van der Waals surface area (Å²) in [5.41, 5.74) is 0.615. The van der Waals surface area contributed by atoms with Gasteiger partial charge in [-0.1, -0.05) is 11.6 Å². The lowest BCUT2D eigenvalue weighted by Crippen LogP contribution is -2.49. The first kappa shape index (κ1) is 22.4. The number of rotatable bonds is 4. The molecule has 2 aliphatic heterocycles. The van der Waals surface area contributed by atoms with Crippen LogP contribution in [0.3, 0.4) is 0 Å². The summed E-state index contributed by atoms with van der Waals surface area (Å²) in [5, 5.41) is 11.2. The van der Waals surface area contributed by atoms with Crippen molar-refractivity contribution < 1.29 is 12.8 Å². The van der Waals surface area contributed by atoms with Crippen LogP contribution in [0.1, 0.15) is 31.0 Å². The first-order chi connectivity index (χ1) is 13.3. The Hall–Kier alpha value is -1.27. The Morgan fingerprint density at radius 2 is 2.03 bits per heavy atom. The van der Waals surface area contributed by atoms with Crippen molar-refractivity contribution in [3.8, 4) is 0 Å². The van der Waals surface area contributed by atoms with Crippen LogP contribution in [0.4, 0.5) is 10.3 Å². The average Bonchev–Trinajstić information content (AvgIpc) is 2.99. The Morgan fingerprint density at radius 1 is 1.31 bits per heavy atom. The summed E-state index contributed by atoms with van der Waals surface area (Å²) < 4.78 is 40.6. The van der Waals surface area contributed by atoms with E-state index in [1.807, 2.05) is 0 Å². The van der Waals surface area contributed by atoms with Gasteiger partial charge in [-0.05, 0) is 32.4 Å². The van der Waals surface area contributed by atoms with Gasteiger partial charge in [0, 0.05) is 19.0 Å². The van der Waals surface area contributed by atoms with Crippen molar-refractivity contribution in [2.24, 2.45) is 0 Å². The van der Waals surface area contributed by atoms with Crippen LogP contribution in [-0.2, 0) is 10.0 Å². The summed E-state index contributed by atoms with van der Waals surface area (Å²) in [6.07, 6.45) is 3.54. The maximum Gasteiger partial charge on any atom is 0.241 e. The number of nitrogens with one attached hydrogen (secondary N) is 2. The lowest BCUT2D eigenvalue weighted by atomic mass is 9.97. The molecular formula is C16H24Cl2FN7O2S. The number of alkyl halides is 1. The maximum atomic E-state index is 14.5. The number of anilines is 1. The molecule has 4 heterocycles. The van der Waals surface area contributed by atoms with Gasteiger partial charge in [-0.25, -0.2) is 27.3 Å². The fourth-order valence-corrected chi connectivity index (χ4v) is 4.85. The van der Waals surface area contributed by atoms with Crippen LogP contribution >= 0.6 is 24.0 Å². The number of hydrogen-bond donors (Lipinski definition) is 2. The molecular weight excluding hydrogens is 444 g/mol. The number of nitrogens with zero attached hydrogens (tertiary/aromatic N) is 5. The molecule has 13 heteroatoms. The average molecular weight is 468 g/mol. The predicted molar refractivity (Wildman–Crippen MR) is 111 cm³/mol. The lowest BCUT2D eigenvalue weighted by Gasteiger charge is -2.33. The standard InChI is InChI=1S/C16H23ClFN7O2S.ClH/c1-28(26,27)24-7-4-12(11(18)9-24)21-16-20-8-13-14(17)22-15(25(13)23-16)10-2-5-19-6-3-10;/h8,10-12,19H,2-7,9H2,1H3,(H,21,23);1H/t11-,12-;/m1./s1. The molecule has 0 spiro atoms. The van der Waals surface area contributed by atoms with Gasteiger partial charge in [0.25, 0.3) is 0 Å². The highest BCUT2D eigenvalue weighted by atomic mass is 35.5. The first-order valence-corrected chi connectivity index (χ1v) is 11.5. The number of fused-ring (bicyclic) bond motifs is 1. The molecule has 0 bridgehead atoms. The minimum absolute atomic E-state index is 0. The third kappa shape index (κ3) is 4.74. The minimum atomic E-state index is -3.40. The van der Waals surface area contributed by atoms with Gasteiger partial charge in [-0.3, -0.25) is 0 Å². The lowest BCUT2D eigenvalue weighted by molar-refractivity contribution is 0.186. The van der Waals surface area contributed by atoms with Gasteiger partial charge in [0.15, 0.2) is 5.15 Å². The van der Waals surface area contributed by atoms with E-state index in [1.54, 1.807) is 10.7 Å². The van der Waals surface area contributed by atoms with E-state index >= 15 is 0 Å².